The van der Waals surface area contributed by atoms with Gasteiger partial charge in [0.1, 0.15) is 15.5 Å². The molecule has 0 bridgehead atoms. The number of nitrogens with two attached hydrogens (primary N) is 1. The van der Waals surface area contributed by atoms with Crippen LogP contribution in [-0.2, 0) is 12.8 Å². The quantitative estimate of drug-likeness (QED) is 0.539. The van der Waals surface area contributed by atoms with Gasteiger partial charge in [-0.2, -0.15) is 0 Å². The minimum Gasteiger partial charge on any atom is -0.397 e. The molecule has 3 aromatic rings. The number of pyridine rings is 1. The predicted octanol–water partition coefficient (Wildman–Crippen LogP) is 5.37. The van der Waals surface area contributed by atoms with E-state index in [-0.39, 0.29) is 5.91 Å². The van der Waals surface area contributed by atoms with Gasteiger partial charge in [-0.15, -0.1) is 11.3 Å². The summed E-state index contributed by atoms with van der Waals surface area (Å²) in [7, 11) is 0. The van der Waals surface area contributed by atoms with E-state index in [9.17, 15) is 4.79 Å². The maximum absolute atomic E-state index is 13.0. The van der Waals surface area contributed by atoms with Crippen LogP contribution in [0.1, 0.15) is 46.5 Å². The summed E-state index contributed by atoms with van der Waals surface area (Å²) >= 11 is 4.83. The van der Waals surface area contributed by atoms with E-state index in [1.807, 2.05) is 24.3 Å². The van der Waals surface area contributed by atoms with E-state index in [0.29, 0.717) is 10.6 Å². The van der Waals surface area contributed by atoms with E-state index in [1.165, 1.54) is 48.1 Å². The number of rotatable bonds is 3. The molecule has 29 heavy (non-hydrogen) atoms. The molecule has 1 aromatic carbocycles. The van der Waals surface area contributed by atoms with Gasteiger partial charge in [0.05, 0.1) is 5.69 Å². The van der Waals surface area contributed by atoms with Crippen LogP contribution in [0.4, 0.5) is 17.2 Å². The SMILES string of the molecule is Nc1c(C(=O)Nc2ccc(Br)cc2)sc2nc(N3CCCC3)c3c(c12)CCCC3. The molecule has 0 radical (unpaired) electrons. The monoisotopic (exact) mass is 470 g/mol. The molecule has 3 N–H and O–H groups in total. The Bertz CT molecular complexity index is 1090. The molecule has 0 atom stereocenters. The van der Waals surface area contributed by atoms with Crippen LogP contribution in [0.5, 0.6) is 0 Å². The lowest BCUT2D eigenvalue weighted by Crippen LogP contribution is -2.22. The van der Waals surface area contributed by atoms with Crippen molar-refractivity contribution in [1.29, 1.82) is 0 Å². The number of nitrogen functional groups attached to an aromatic ring is 1. The Balaban J connectivity index is 1.58. The number of carbonyl (C=O) groups excluding carboxylic acids is 1. The standard InChI is InChI=1S/C22H23BrN4OS/c23-13-7-9-14(10-8-13)25-21(28)19-18(24)17-15-5-1-2-6-16(15)20(26-22(17)29-19)27-11-3-4-12-27/h7-10H,1-6,11-12,24H2,(H,25,28). The number of thiophene rings is 1. The van der Waals surface area contributed by atoms with Gasteiger partial charge in [0.25, 0.3) is 5.91 Å². The number of aryl methyl sites for hydroxylation is 1. The summed E-state index contributed by atoms with van der Waals surface area (Å²) in [5, 5.41) is 3.98. The van der Waals surface area contributed by atoms with Crippen LogP contribution in [0.25, 0.3) is 10.2 Å². The van der Waals surface area contributed by atoms with E-state index < -0.39 is 0 Å². The van der Waals surface area contributed by atoms with Gasteiger partial charge in [-0.05, 0) is 73.9 Å². The largest absolute Gasteiger partial charge is 0.397 e. The van der Waals surface area contributed by atoms with Crippen molar-refractivity contribution in [3.05, 3.63) is 44.7 Å². The molecule has 1 aliphatic heterocycles. The second kappa shape index (κ2) is 7.61. The van der Waals surface area contributed by atoms with Crippen LogP contribution < -0.4 is 16.0 Å². The molecule has 1 aliphatic carbocycles. The summed E-state index contributed by atoms with van der Waals surface area (Å²) < 4.78 is 0.974. The van der Waals surface area contributed by atoms with Gasteiger partial charge >= 0.3 is 0 Å². The van der Waals surface area contributed by atoms with Crippen LogP contribution >= 0.6 is 27.3 Å². The molecule has 7 heteroatoms. The minimum atomic E-state index is -0.167. The molecular weight excluding hydrogens is 448 g/mol. The lowest BCUT2D eigenvalue weighted by Gasteiger charge is -2.25. The number of benzene rings is 1. The topological polar surface area (TPSA) is 71.2 Å². The molecule has 5 nitrogen and oxygen atoms in total. The average Bonchev–Trinajstić information content (AvgIpc) is 3.37. The van der Waals surface area contributed by atoms with Gasteiger partial charge in [-0.1, -0.05) is 15.9 Å². The third kappa shape index (κ3) is 3.40. The Morgan fingerprint density at radius 1 is 1.07 bits per heavy atom. The Morgan fingerprint density at radius 3 is 2.48 bits per heavy atom. The van der Waals surface area contributed by atoms with Crippen LogP contribution in [-0.4, -0.2) is 24.0 Å². The number of anilines is 3. The third-order valence-corrected chi connectivity index (χ3v) is 7.51. The van der Waals surface area contributed by atoms with Crippen molar-refractivity contribution < 1.29 is 4.79 Å². The number of fused-ring (bicyclic) bond motifs is 3. The second-order valence-corrected chi connectivity index (χ2v) is 9.69. The summed E-state index contributed by atoms with van der Waals surface area (Å²) in [6, 6.07) is 7.56. The van der Waals surface area contributed by atoms with Gasteiger partial charge in [-0.25, -0.2) is 4.98 Å². The summed E-state index contributed by atoms with van der Waals surface area (Å²) in [6.07, 6.45) is 6.89. The first-order chi connectivity index (χ1) is 14.1. The average molecular weight is 471 g/mol. The Kier molecular flexibility index (Phi) is 4.95. The molecule has 5 rings (SSSR count). The first kappa shape index (κ1) is 18.9. The smallest absolute Gasteiger partial charge is 0.267 e. The molecule has 150 valence electrons. The highest BCUT2D eigenvalue weighted by atomic mass is 79.9. The van der Waals surface area contributed by atoms with Gasteiger partial charge < -0.3 is 16.0 Å². The number of hydrogen-bond donors (Lipinski definition) is 2. The highest BCUT2D eigenvalue weighted by molar-refractivity contribution is 9.10. The maximum atomic E-state index is 13.0. The van der Waals surface area contributed by atoms with Crippen LogP contribution in [0.3, 0.4) is 0 Å². The minimum absolute atomic E-state index is 0.167. The van der Waals surface area contributed by atoms with Gasteiger partial charge in [0, 0.05) is 28.6 Å². The Labute approximate surface area is 182 Å². The van der Waals surface area contributed by atoms with Gasteiger partial charge in [0.2, 0.25) is 0 Å². The lowest BCUT2D eigenvalue weighted by atomic mass is 9.89. The maximum Gasteiger partial charge on any atom is 0.267 e. The van der Waals surface area contributed by atoms with Crippen molar-refractivity contribution in [2.45, 2.75) is 38.5 Å². The molecular formula is C22H23BrN4OS. The zero-order valence-electron chi connectivity index (χ0n) is 16.1. The van der Waals surface area contributed by atoms with Crippen molar-refractivity contribution in [3.8, 4) is 0 Å². The zero-order valence-corrected chi connectivity index (χ0v) is 18.5. The van der Waals surface area contributed by atoms with E-state index in [2.05, 4.69) is 26.1 Å². The number of hydrogen-bond acceptors (Lipinski definition) is 5. The van der Waals surface area contributed by atoms with Gasteiger partial charge in [-0.3, -0.25) is 4.79 Å². The van der Waals surface area contributed by atoms with Crippen molar-refractivity contribution in [3.63, 3.8) is 0 Å². The van der Waals surface area contributed by atoms with E-state index in [1.54, 1.807) is 0 Å². The third-order valence-electron chi connectivity index (χ3n) is 5.89. The number of halogens is 1. The zero-order chi connectivity index (χ0) is 20.0. The van der Waals surface area contributed by atoms with Crippen LogP contribution in [0.15, 0.2) is 28.7 Å². The first-order valence-electron chi connectivity index (χ1n) is 10.2. The van der Waals surface area contributed by atoms with E-state index in [0.717, 1.165) is 52.1 Å². The molecule has 0 saturated carbocycles. The fraction of sp³-hybridized carbons (Fsp3) is 0.364. The van der Waals surface area contributed by atoms with Crippen LogP contribution in [0.2, 0.25) is 0 Å². The number of amides is 1. The summed E-state index contributed by atoms with van der Waals surface area (Å²) in [5.74, 6) is 0.964. The van der Waals surface area contributed by atoms with E-state index >= 15 is 0 Å². The Hall–Kier alpha value is -2.12. The summed E-state index contributed by atoms with van der Waals surface area (Å²) in [6.45, 7) is 2.14. The van der Waals surface area contributed by atoms with Crippen molar-refractivity contribution in [2.75, 3.05) is 29.0 Å². The summed E-state index contributed by atoms with van der Waals surface area (Å²) in [5.41, 5.74) is 10.5. The molecule has 1 amide bonds. The predicted molar refractivity (Wildman–Crippen MR) is 124 cm³/mol. The summed E-state index contributed by atoms with van der Waals surface area (Å²) in [4.78, 5) is 21.9. The van der Waals surface area contributed by atoms with Crippen LogP contribution in [0, 0.1) is 0 Å². The second-order valence-electron chi connectivity index (χ2n) is 7.78. The molecule has 2 aromatic heterocycles. The van der Waals surface area contributed by atoms with Crippen molar-refractivity contribution in [2.24, 2.45) is 0 Å². The highest BCUT2D eigenvalue weighted by Crippen LogP contribution is 2.42. The Morgan fingerprint density at radius 2 is 1.76 bits per heavy atom. The molecule has 0 unspecified atom stereocenters. The van der Waals surface area contributed by atoms with Crippen molar-refractivity contribution >= 4 is 60.6 Å². The molecule has 3 heterocycles. The molecule has 2 aliphatic rings. The number of aromatic nitrogens is 1. The normalized spacial score (nSPS) is 16.2. The first-order valence-corrected chi connectivity index (χ1v) is 11.8. The van der Waals surface area contributed by atoms with Crippen molar-refractivity contribution in [1.82, 2.24) is 4.98 Å². The fourth-order valence-corrected chi connectivity index (χ4v) is 5.75. The fourth-order valence-electron chi connectivity index (χ4n) is 4.47. The molecule has 1 fully saturated rings. The van der Waals surface area contributed by atoms with Gasteiger partial charge in [0.15, 0.2) is 0 Å². The molecule has 0 spiro atoms. The number of carbonyl (C=O) groups is 1. The highest BCUT2D eigenvalue weighted by Gasteiger charge is 2.28. The number of nitrogens with zero attached hydrogens (tertiary/aromatic N) is 2. The lowest BCUT2D eigenvalue weighted by molar-refractivity contribution is 0.103. The van der Waals surface area contributed by atoms with E-state index in [4.69, 9.17) is 10.7 Å². The molecule has 1 saturated heterocycles. The number of nitrogens with one attached hydrogen (secondary N) is 1.